The Balaban J connectivity index is 1.58. The first-order chi connectivity index (χ1) is 11.4. The van der Waals surface area contributed by atoms with E-state index in [1.165, 1.54) is 12.1 Å². The molecule has 1 atom stereocenters. The van der Waals surface area contributed by atoms with Crippen molar-refractivity contribution in [3.8, 4) is 0 Å². The highest BCUT2D eigenvalue weighted by Crippen LogP contribution is 2.47. The summed E-state index contributed by atoms with van der Waals surface area (Å²) < 4.78 is 26.7. The van der Waals surface area contributed by atoms with Gasteiger partial charge in [0.05, 0.1) is 0 Å². The molecule has 1 heterocycles. The number of benzene rings is 1. The van der Waals surface area contributed by atoms with Crippen LogP contribution in [0.1, 0.15) is 37.7 Å². The van der Waals surface area contributed by atoms with Crippen LogP contribution in [-0.2, 0) is 16.0 Å². The summed E-state index contributed by atoms with van der Waals surface area (Å²) in [6.45, 7) is 1.23. The zero-order valence-corrected chi connectivity index (χ0v) is 13.6. The molecule has 3 rings (SSSR count). The number of halogens is 2. The number of amides is 2. The van der Waals surface area contributed by atoms with Gasteiger partial charge < -0.3 is 10.6 Å². The fourth-order valence-corrected chi connectivity index (χ4v) is 3.56. The number of piperidine rings is 1. The Morgan fingerprint density at radius 3 is 2.67 bits per heavy atom. The molecular formula is C18H22F2N2O2. The molecule has 1 unspecified atom stereocenters. The molecule has 0 aromatic heterocycles. The van der Waals surface area contributed by atoms with Crippen molar-refractivity contribution in [2.75, 3.05) is 13.1 Å². The fraction of sp³-hybridized carbons (Fsp3) is 0.556. The van der Waals surface area contributed by atoms with E-state index in [4.69, 9.17) is 5.73 Å². The van der Waals surface area contributed by atoms with Gasteiger partial charge in [0.2, 0.25) is 11.8 Å². The highest BCUT2D eigenvalue weighted by Gasteiger charge is 2.57. The van der Waals surface area contributed by atoms with Crippen LogP contribution in [0.3, 0.4) is 0 Å². The Morgan fingerprint density at radius 1 is 1.29 bits per heavy atom. The zero-order chi connectivity index (χ0) is 17.3. The number of rotatable bonds is 5. The van der Waals surface area contributed by atoms with Crippen molar-refractivity contribution in [2.24, 2.45) is 17.1 Å². The standard InChI is InChI=1S/C18H22F2N2O2/c19-14-6-5-13(15(20)10-14)4-3-12-2-1-9-22(11-12)17(24)18(7-8-18)16(21)23/h5-6,10,12H,1-4,7-9,11H2,(H2,21,23). The smallest absolute Gasteiger partial charge is 0.238 e. The maximum atomic E-state index is 13.7. The van der Waals surface area contributed by atoms with E-state index in [1.807, 2.05) is 0 Å². The Kier molecular flexibility index (Phi) is 4.56. The number of primary amides is 1. The minimum atomic E-state index is -0.967. The number of nitrogens with zero attached hydrogens (tertiary/aromatic N) is 1. The normalized spacial score (nSPS) is 22.2. The summed E-state index contributed by atoms with van der Waals surface area (Å²) in [4.78, 5) is 25.8. The lowest BCUT2D eigenvalue weighted by atomic mass is 9.90. The van der Waals surface area contributed by atoms with Crippen LogP contribution in [0.4, 0.5) is 8.78 Å². The lowest BCUT2D eigenvalue weighted by Gasteiger charge is -2.34. The Morgan fingerprint density at radius 2 is 2.04 bits per heavy atom. The number of carbonyl (C=O) groups excluding carboxylic acids is 2. The number of aryl methyl sites for hydroxylation is 1. The van der Waals surface area contributed by atoms with Crippen LogP contribution >= 0.6 is 0 Å². The van der Waals surface area contributed by atoms with Gasteiger partial charge in [0.1, 0.15) is 17.0 Å². The predicted molar refractivity (Wildman–Crippen MR) is 84.8 cm³/mol. The van der Waals surface area contributed by atoms with Gasteiger partial charge in [-0.1, -0.05) is 6.07 Å². The summed E-state index contributed by atoms with van der Waals surface area (Å²) in [5, 5.41) is 0. The van der Waals surface area contributed by atoms with Crippen molar-refractivity contribution in [3.63, 3.8) is 0 Å². The second-order valence-corrected chi connectivity index (χ2v) is 6.98. The topological polar surface area (TPSA) is 63.4 Å². The van der Waals surface area contributed by atoms with Gasteiger partial charge >= 0.3 is 0 Å². The number of likely N-dealkylation sites (tertiary alicyclic amines) is 1. The molecule has 1 saturated heterocycles. The van der Waals surface area contributed by atoms with Gasteiger partial charge in [-0.2, -0.15) is 0 Å². The molecule has 1 aliphatic carbocycles. The molecule has 2 N–H and O–H groups in total. The molecule has 0 spiro atoms. The average Bonchev–Trinajstić information content (AvgIpc) is 3.35. The number of carbonyl (C=O) groups is 2. The second kappa shape index (κ2) is 6.49. The van der Waals surface area contributed by atoms with E-state index in [9.17, 15) is 18.4 Å². The molecule has 2 fully saturated rings. The maximum absolute atomic E-state index is 13.7. The van der Waals surface area contributed by atoms with Crippen molar-refractivity contribution in [3.05, 3.63) is 35.4 Å². The molecule has 1 saturated carbocycles. The number of hydrogen-bond acceptors (Lipinski definition) is 2. The van der Waals surface area contributed by atoms with Crippen molar-refractivity contribution >= 4 is 11.8 Å². The Bertz CT molecular complexity index is 658. The highest BCUT2D eigenvalue weighted by atomic mass is 19.1. The molecule has 1 aromatic carbocycles. The first-order valence-corrected chi connectivity index (χ1v) is 8.45. The first-order valence-electron chi connectivity index (χ1n) is 8.45. The van der Waals surface area contributed by atoms with E-state index in [1.54, 1.807) is 4.90 Å². The SMILES string of the molecule is NC(=O)C1(C(=O)N2CCCC(CCc3ccc(F)cc3F)C2)CC1. The Labute approximate surface area is 140 Å². The molecule has 0 bridgehead atoms. The minimum Gasteiger partial charge on any atom is -0.369 e. The van der Waals surface area contributed by atoms with Crippen molar-refractivity contribution in [2.45, 2.75) is 38.5 Å². The van der Waals surface area contributed by atoms with Gasteiger partial charge in [-0.15, -0.1) is 0 Å². The lowest BCUT2D eigenvalue weighted by molar-refractivity contribution is -0.144. The molecule has 0 radical (unpaired) electrons. The molecule has 1 aromatic rings. The van der Waals surface area contributed by atoms with Crippen LogP contribution in [0.2, 0.25) is 0 Å². The van der Waals surface area contributed by atoms with E-state index in [-0.39, 0.29) is 11.8 Å². The monoisotopic (exact) mass is 336 g/mol. The minimum absolute atomic E-state index is 0.146. The van der Waals surface area contributed by atoms with Crippen LogP contribution in [0.25, 0.3) is 0 Å². The van der Waals surface area contributed by atoms with Gasteiger partial charge in [-0.05, 0) is 56.1 Å². The largest absolute Gasteiger partial charge is 0.369 e. The summed E-state index contributed by atoms with van der Waals surface area (Å²) in [5.41, 5.74) is 4.91. The van der Waals surface area contributed by atoms with Crippen molar-refractivity contribution < 1.29 is 18.4 Å². The molecule has 1 aliphatic heterocycles. The first kappa shape index (κ1) is 16.9. The summed E-state index contributed by atoms with van der Waals surface area (Å²) in [5.74, 6) is -1.51. The third kappa shape index (κ3) is 3.28. The zero-order valence-electron chi connectivity index (χ0n) is 13.6. The van der Waals surface area contributed by atoms with Gasteiger partial charge in [-0.3, -0.25) is 9.59 Å². The highest BCUT2D eigenvalue weighted by molar-refractivity contribution is 6.07. The predicted octanol–water partition coefficient (Wildman–Crippen LogP) is 2.40. The van der Waals surface area contributed by atoms with Gasteiger partial charge in [0.15, 0.2) is 0 Å². The van der Waals surface area contributed by atoms with E-state index < -0.39 is 23.0 Å². The summed E-state index contributed by atoms with van der Waals surface area (Å²) >= 11 is 0. The second-order valence-electron chi connectivity index (χ2n) is 6.98. The van der Waals surface area contributed by atoms with Gasteiger partial charge in [0, 0.05) is 19.2 Å². The summed E-state index contributed by atoms with van der Waals surface area (Å²) in [6, 6.07) is 3.64. The lowest BCUT2D eigenvalue weighted by Crippen LogP contribution is -2.47. The van der Waals surface area contributed by atoms with E-state index >= 15 is 0 Å². The molecule has 4 nitrogen and oxygen atoms in total. The number of nitrogens with two attached hydrogens (primary N) is 1. The van der Waals surface area contributed by atoms with Gasteiger partial charge in [-0.25, -0.2) is 8.78 Å². The van der Waals surface area contributed by atoms with Crippen LogP contribution in [0.15, 0.2) is 18.2 Å². The summed E-state index contributed by atoms with van der Waals surface area (Å²) in [7, 11) is 0. The molecule has 24 heavy (non-hydrogen) atoms. The quantitative estimate of drug-likeness (QED) is 0.839. The van der Waals surface area contributed by atoms with Crippen LogP contribution in [-0.4, -0.2) is 29.8 Å². The molecule has 130 valence electrons. The fourth-order valence-electron chi connectivity index (χ4n) is 3.56. The van der Waals surface area contributed by atoms with E-state index in [0.29, 0.717) is 37.9 Å². The van der Waals surface area contributed by atoms with Crippen molar-refractivity contribution in [1.82, 2.24) is 4.90 Å². The molecule has 2 aliphatic rings. The average molecular weight is 336 g/mol. The molecule has 6 heteroatoms. The Hall–Kier alpha value is -1.98. The third-order valence-corrected chi connectivity index (χ3v) is 5.27. The van der Waals surface area contributed by atoms with Crippen LogP contribution in [0.5, 0.6) is 0 Å². The molecular weight excluding hydrogens is 314 g/mol. The van der Waals surface area contributed by atoms with E-state index in [0.717, 1.165) is 25.3 Å². The van der Waals surface area contributed by atoms with E-state index in [2.05, 4.69) is 0 Å². The number of hydrogen-bond donors (Lipinski definition) is 1. The van der Waals surface area contributed by atoms with Crippen molar-refractivity contribution in [1.29, 1.82) is 0 Å². The van der Waals surface area contributed by atoms with Gasteiger partial charge in [0.25, 0.3) is 0 Å². The third-order valence-electron chi connectivity index (χ3n) is 5.27. The van der Waals surface area contributed by atoms with Crippen LogP contribution < -0.4 is 5.73 Å². The maximum Gasteiger partial charge on any atom is 0.238 e. The van der Waals surface area contributed by atoms with Crippen LogP contribution in [0, 0.1) is 23.0 Å². The summed E-state index contributed by atoms with van der Waals surface area (Å²) in [6.07, 6.45) is 4.18. The molecule has 2 amide bonds.